The van der Waals surface area contributed by atoms with Crippen LogP contribution in [0, 0.1) is 0 Å². The quantitative estimate of drug-likeness (QED) is 0.421. The number of piperazine rings is 1. The third kappa shape index (κ3) is 4.24. The summed E-state index contributed by atoms with van der Waals surface area (Å²) >= 11 is 0. The van der Waals surface area contributed by atoms with E-state index in [9.17, 15) is 9.59 Å². The van der Waals surface area contributed by atoms with Gasteiger partial charge in [-0.15, -0.1) is 0 Å². The van der Waals surface area contributed by atoms with Crippen molar-refractivity contribution in [3.63, 3.8) is 0 Å². The molecule has 0 radical (unpaired) electrons. The minimum Gasteiger partial charge on any atom is -0.366 e. The van der Waals surface area contributed by atoms with Crippen molar-refractivity contribution >= 4 is 45.7 Å². The molecule has 9 nitrogen and oxygen atoms in total. The maximum Gasteiger partial charge on any atom is 0.325 e. The SMILES string of the molecule is CNC(=O)n1ccc2cc(N(C)c3ccnc(NC(=O)c4ccc(N5C[C@H]6C[C@@H]5CN6C)cc4)c3)ccc21. The van der Waals surface area contributed by atoms with Crippen LogP contribution in [0.3, 0.4) is 0 Å². The summed E-state index contributed by atoms with van der Waals surface area (Å²) in [6.07, 6.45) is 4.66. The number of nitrogens with one attached hydrogen (secondary N) is 2. The molecule has 0 spiro atoms. The molecule has 0 saturated carbocycles. The largest absolute Gasteiger partial charge is 0.366 e. The van der Waals surface area contributed by atoms with Crippen LogP contribution in [0.15, 0.2) is 73.1 Å². The molecule has 194 valence electrons. The molecule has 0 unspecified atom stereocenters. The fourth-order valence-electron chi connectivity index (χ4n) is 5.66. The topological polar surface area (TPSA) is 85.7 Å². The number of likely N-dealkylation sites (N-methyl/N-ethyl adjacent to an activating group) is 1. The Morgan fingerprint density at radius 1 is 0.974 bits per heavy atom. The number of pyridine rings is 1. The van der Waals surface area contributed by atoms with Crippen LogP contribution in [0.25, 0.3) is 10.9 Å². The van der Waals surface area contributed by atoms with Crippen molar-refractivity contribution in [2.75, 3.05) is 49.3 Å². The lowest BCUT2D eigenvalue weighted by Gasteiger charge is -2.33. The number of likely N-dealkylation sites (tertiary alicyclic amines) is 1. The first-order valence-corrected chi connectivity index (χ1v) is 12.8. The Morgan fingerprint density at radius 2 is 1.76 bits per heavy atom. The van der Waals surface area contributed by atoms with Crippen molar-refractivity contribution in [3.05, 3.63) is 78.6 Å². The van der Waals surface area contributed by atoms with E-state index in [1.165, 1.54) is 12.1 Å². The second-order valence-corrected chi connectivity index (χ2v) is 10.1. The maximum absolute atomic E-state index is 13.0. The van der Waals surface area contributed by atoms with Gasteiger partial charge in [0.25, 0.3) is 5.91 Å². The van der Waals surface area contributed by atoms with Gasteiger partial charge in [0.05, 0.1) is 5.52 Å². The van der Waals surface area contributed by atoms with Crippen LogP contribution >= 0.6 is 0 Å². The van der Waals surface area contributed by atoms with Crippen LogP contribution in [0.4, 0.5) is 27.7 Å². The number of amides is 2. The van der Waals surface area contributed by atoms with Crippen LogP contribution in [0.1, 0.15) is 16.8 Å². The second kappa shape index (κ2) is 9.50. The number of fused-ring (bicyclic) bond motifs is 3. The summed E-state index contributed by atoms with van der Waals surface area (Å²) in [6.45, 7) is 2.14. The summed E-state index contributed by atoms with van der Waals surface area (Å²) in [5, 5.41) is 6.54. The fraction of sp³-hybridized carbons (Fsp3) is 0.276. The number of carbonyl (C=O) groups is 2. The number of anilines is 4. The number of carbonyl (C=O) groups excluding carboxylic acids is 2. The summed E-state index contributed by atoms with van der Waals surface area (Å²) in [5.41, 5.74) is 4.44. The van der Waals surface area contributed by atoms with Gasteiger partial charge in [0.15, 0.2) is 0 Å². The summed E-state index contributed by atoms with van der Waals surface area (Å²) in [5.74, 6) is 0.290. The molecule has 2 aliphatic heterocycles. The van der Waals surface area contributed by atoms with E-state index in [1.54, 1.807) is 24.0 Å². The standard InChI is InChI=1S/C29H31N7O2/c1-30-29(38)35-13-11-20-14-22(8-9-26(20)35)34(3)23-10-12-31-27(16-23)32-28(37)19-4-6-21(7-5-19)36-18-24-15-25(36)17-33(24)2/h4-14,16,24-25H,15,17-18H2,1-3H3,(H,30,38)(H,31,32,37)/t24-,25-/m1/s1. The van der Waals surface area contributed by atoms with E-state index in [4.69, 9.17) is 0 Å². The minimum absolute atomic E-state index is 0.179. The van der Waals surface area contributed by atoms with Crippen molar-refractivity contribution in [3.8, 4) is 0 Å². The lowest BCUT2D eigenvalue weighted by atomic mass is 10.1. The molecule has 9 heteroatoms. The normalized spacial score (nSPS) is 18.7. The zero-order valence-electron chi connectivity index (χ0n) is 21.8. The summed E-state index contributed by atoms with van der Waals surface area (Å²) in [6, 6.07) is 20.4. The Labute approximate surface area is 221 Å². The number of benzene rings is 2. The molecule has 2 amide bonds. The van der Waals surface area contributed by atoms with Crippen LogP contribution in [0.2, 0.25) is 0 Å². The Bertz CT molecular complexity index is 1510. The third-order valence-corrected chi connectivity index (χ3v) is 7.84. The molecule has 2 atom stereocenters. The molecule has 2 bridgehead atoms. The average molecular weight is 510 g/mol. The smallest absolute Gasteiger partial charge is 0.325 e. The zero-order valence-corrected chi connectivity index (χ0v) is 21.8. The number of nitrogens with zero attached hydrogens (tertiary/aromatic N) is 5. The average Bonchev–Trinajstić information content (AvgIpc) is 3.66. The van der Waals surface area contributed by atoms with E-state index in [1.807, 2.05) is 72.6 Å². The first-order chi connectivity index (χ1) is 18.4. The van der Waals surface area contributed by atoms with E-state index in [0.717, 1.165) is 35.4 Å². The van der Waals surface area contributed by atoms with Gasteiger partial charge in [-0.25, -0.2) is 9.78 Å². The van der Waals surface area contributed by atoms with E-state index in [-0.39, 0.29) is 11.9 Å². The van der Waals surface area contributed by atoms with Gasteiger partial charge in [0.2, 0.25) is 0 Å². The van der Waals surface area contributed by atoms with Gasteiger partial charge in [0.1, 0.15) is 5.82 Å². The Kier molecular flexibility index (Phi) is 6.00. The molecule has 0 aliphatic carbocycles. The number of hydrogen-bond acceptors (Lipinski definition) is 6. The fourth-order valence-corrected chi connectivity index (χ4v) is 5.66. The highest BCUT2D eigenvalue weighted by Gasteiger charge is 2.41. The van der Waals surface area contributed by atoms with Crippen molar-refractivity contribution in [2.45, 2.75) is 18.5 Å². The predicted molar refractivity (Wildman–Crippen MR) is 151 cm³/mol. The van der Waals surface area contributed by atoms with Gasteiger partial charge in [0, 0.05) is 85.7 Å². The van der Waals surface area contributed by atoms with E-state index in [2.05, 4.69) is 32.5 Å². The van der Waals surface area contributed by atoms with E-state index >= 15 is 0 Å². The zero-order chi connectivity index (χ0) is 26.4. The lowest BCUT2D eigenvalue weighted by Crippen LogP contribution is -2.44. The predicted octanol–water partition coefficient (Wildman–Crippen LogP) is 4.14. The molecule has 2 fully saturated rings. The van der Waals surface area contributed by atoms with Gasteiger partial charge >= 0.3 is 6.03 Å². The monoisotopic (exact) mass is 509 g/mol. The second-order valence-electron chi connectivity index (χ2n) is 10.1. The summed E-state index contributed by atoms with van der Waals surface area (Å²) in [7, 11) is 5.77. The van der Waals surface area contributed by atoms with Crippen LogP contribution in [-0.4, -0.2) is 72.7 Å². The van der Waals surface area contributed by atoms with Crippen molar-refractivity contribution in [1.82, 2.24) is 19.8 Å². The highest BCUT2D eigenvalue weighted by atomic mass is 16.2. The van der Waals surface area contributed by atoms with Crippen molar-refractivity contribution < 1.29 is 9.59 Å². The third-order valence-electron chi connectivity index (χ3n) is 7.84. The molecule has 2 aliphatic rings. The van der Waals surface area contributed by atoms with E-state index in [0.29, 0.717) is 23.5 Å². The highest BCUT2D eigenvalue weighted by Crippen LogP contribution is 2.34. The molecule has 6 rings (SSSR count). The van der Waals surface area contributed by atoms with Crippen molar-refractivity contribution in [1.29, 1.82) is 0 Å². The molecule has 4 heterocycles. The Hall–Kier alpha value is -4.37. The Morgan fingerprint density at radius 3 is 2.47 bits per heavy atom. The van der Waals surface area contributed by atoms with Crippen LogP contribution < -0.4 is 20.4 Å². The lowest BCUT2D eigenvalue weighted by molar-refractivity contribution is 0.102. The molecular weight excluding hydrogens is 478 g/mol. The van der Waals surface area contributed by atoms with Gasteiger partial charge in [-0.3, -0.25) is 14.3 Å². The van der Waals surface area contributed by atoms with E-state index < -0.39 is 0 Å². The number of rotatable bonds is 5. The molecule has 4 aromatic rings. The molecular formula is C29H31N7O2. The summed E-state index contributed by atoms with van der Waals surface area (Å²) in [4.78, 5) is 36.3. The molecule has 2 aromatic heterocycles. The number of hydrogen-bond donors (Lipinski definition) is 2. The number of aromatic nitrogens is 2. The first-order valence-electron chi connectivity index (χ1n) is 12.8. The van der Waals surface area contributed by atoms with Crippen LogP contribution in [0.5, 0.6) is 0 Å². The van der Waals surface area contributed by atoms with Gasteiger partial charge in [-0.2, -0.15) is 0 Å². The van der Waals surface area contributed by atoms with Gasteiger partial charge in [-0.05, 0) is 68.1 Å². The Balaban J connectivity index is 1.15. The maximum atomic E-state index is 13.0. The first kappa shape index (κ1) is 24.0. The van der Waals surface area contributed by atoms with Gasteiger partial charge in [-0.1, -0.05) is 0 Å². The highest BCUT2D eigenvalue weighted by molar-refractivity contribution is 6.04. The molecule has 2 saturated heterocycles. The van der Waals surface area contributed by atoms with Crippen LogP contribution in [-0.2, 0) is 0 Å². The van der Waals surface area contributed by atoms with Gasteiger partial charge < -0.3 is 20.4 Å². The summed E-state index contributed by atoms with van der Waals surface area (Å²) < 4.78 is 1.58. The molecule has 2 aromatic carbocycles. The molecule has 2 N–H and O–H groups in total. The minimum atomic E-state index is -0.191. The van der Waals surface area contributed by atoms with Crippen molar-refractivity contribution in [2.24, 2.45) is 0 Å². The molecule has 38 heavy (non-hydrogen) atoms.